The number of pyridine rings is 2. The fourth-order valence-corrected chi connectivity index (χ4v) is 1.52. The fraction of sp³-hybridized carbons (Fsp3) is 0.231. The molecule has 0 aliphatic rings. The lowest BCUT2D eigenvalue weighted by Gasteiger charge is -2.10. The Morgan fingerprint density at radius 1 is 1.29 bits per heavy atom. The van der Waals surface area contributed by atoms with Crippen LogP contribution in [0.1, 0.15) is 17.0 Å². The number of rotatable bonds is 4. The molecule has 2 aromatic heterocycles. The average molecular weight is 229 g/mol. The molecule has 0 amide bonds. The van der Waals surface area contributed by atoms with Crippen molar-refractivity contribution in [2.75, 3.05) is 0 Å². The van der Waals surface area contributed by atoms with Crippen molar-refractivity contribution >= 4 is 0 Å². The predicted molar refractivity (Wildman–Crippen MR) is 65.4 cm³/mol. The molecule has 0 aliphatic carbocycles. The molecule has 17 heavy (non-hydrogen) atoms. The van der Waals surface area contributed by atoms with E-state index in [9.17, 15) is 0 Å². The summed E-state index contributed by atoms with van der Waals surface area (Å²) in [4.78, 5) is 8.37. The van der Waals surface area contributed by atoms with Crippen molar-refractivity contribution in [2.24, 2.45) is 5.73 Å². The van der Waals surface area contributed by atoms with Gasteiger partial charge in [0.15, 0.2) is 0 Å². The van der Waals surface area contributed by atoms with Crippen molar-refractivity contribution in [3.8, 4) is 5.75 Å². The number of hydrogen-bond donors (Lipinski definition) is 1. The van der Waals surface area contributed by atoms with Crippen LogP contribution in [0.15, 0.2) is 36.7 Å². The number of nitrogens with two attached hydrogens (primary N) is 1. The van der Waals surface area contributed by atoms with Gasteiger partial charge in [-0.25, -0.2) is 0 Å². The van der Waals surface area contributed by atoms with Gasteiger partial charge >= 0.3 is 0 Å². The summed E-state index contributed by atoms with van der Waals surface area (Å²) >= 11 is 0. The third kappa shape index (κ3) is 3.01. The van der Waals surface area contributed by atoms with E-state index in [0.717, 1.165) is 22.7 Å². The zero-order valence-electron chi connectivity index (χ0n) is 9.76. The van der Waals surface area contributed by atoms with Gasteiger partial charge in [0.2, 0.25) is 0 Å². The Kier molecular flexibility index (Phi) is 3.67. The van der Waals surface area contributed by atoms with Crippen molar-refractivity contribution in [1.82, 2.24) is 9.97 Å². The summed E-state index contributed by atoms with van der Waals surface area (Å²) in [5.74, 6) is 0.738. The summed E-state index contributed by atoms with van der Waals surface area (Å²) in [7, 11) is 0. The largest absolute Gasteiger partial charge is 0.487 e. The van der Waals surface area contributed by atoms with E-state index in [4.69, 9.17) is 10.5 Å². The van der Waals surface area contributed by atoms with E-state index in [2.05, 4.69) is 9.97 Å². The first kappa shape index (κ1) is 11.5. The van der Waals surface area contributed by atoms with Crippen LogP contribution in [-0.2, 0) is 13.2 Å². The van der Waals surface area contributed by atoms with E-state index in [-0.39, 0.29) is 0 Å². The second-order valence-electron chi connectivity index (χ2n) is 3.75. The molecule has 2 rings (SSSR count). The summed E-state index contributed by atoms with van der Waals surface area (Å²) in [5, 5.41) is 0. The normalized spacial score (nSPS) is 10.2. The highest BCUT2D eigenvalue weighted by atomic mass is 16.5. The van der Waals surface area contributed by atoms with Gasteiger partial charge in [-0.2, -0.15) is 0 Å². The smallest absolute Gasteiger partial charge is 0.142 e. The summed E-state index contributed by atoms with van der Waals surface area (Å²) in [6, 6.07) is 7.67. The van der Waals surface area contributed by atoms with Crippen molar-refractivity contribution in [1.29, 1.82) is 0 Å². The second-order valence-corrected chi connectivity index (χ2v) is 3.75. The van der Waals surface area contributed by atoms with Crippen molar-refractivity contribution < 1.29 is 4.74 Å². The Morgan fingerprint density at radius 3 is 2.88 bits per heavy atom. The van der Waals surface area contributed by atoms with Crippen LogP contribution in [0.25, 0.3) is 0 Å². The molecule has 0 aromatic carbocycles. The van der Waals surface area contributed by atoms with E-state index in [0.29, 0.717) is 13.2 Å². The molecule has 0 radical (unpaired) electrons. The van der Waals surface area contributed by atoms with Crippen molar-refractivity contribution in [3.63, 3.8) is 0 Å². The molecule has 4 nitrogen and oxygen atoms in total. The first-order valence-corrected chi connectivity index (χ1v) is 5.48. The first-order valence-electron chi connectivity index (χ1n) is 5.48. The van der Waals surface area contributed by atoms with Gasteiger partial charge < -0.3 is 10.5 Å². The van der Waals surface area contributed by atoms with Gasteiger partial charge in [-0.05, 0) is 25.1 Å². The SMILES string of the molecule is Cc1ccc(OCc2cccnc2)c(CN)n1. The number of nitrogens with zero attached hydrogens (tertiary/aromatic N) is 2. The highest BCUT2D eigenvalue weighted by molar-refractivity contribution is 5.29. The monoisotopic (exact) mass is 229 g/mol. The Balaban J connectivity index is 2.09. The third-order valence-corrected chi connectivity index (χ3v) is 2.38. The molecule has 2 N–H and O–H groups in total. The van der Waals surface area contributed by atoms with Gasteiger partial charge in [0.25, 0.3) is 0 Å². The van der Waals surface area contributed by atoms with Crippen LogP contribution in [0.3, 0.4) is 0 Å². The lowest BCUT2D eigenvalue weighted by Crippen LogP contribution is -2.05. The fourth-order valence-electron chi connectivity index (χ4n) is 1.52. The number of ether oxygens (including phenoxy) is 1. The third-order valence-electron chi connectivity index (χ3n) is 2.38. The van der Waals surface area contributed by atoms with Crippen molar-refractivity contribution in [2.45, 2.75) is 20.1 Å². The number of aromatic nitrogens is 2. The molecule has 0 aliphatic heterocycles. The van der Waals surface area contributed by atoms with E-state index in [1.54, 1.807) is 12.4 Å². The molecular formula is C13H15N3O. The molecule has 0 spiro atoms. The van der Waals surface area contributed by atoms with Crippen LogP contribution in [-0.4, -0.2) is 9.97 Å². The van der Waals surface area contributed by atoms with Gasteiger partial charge in [0.1, 0.15) is 12.4 Å². The lowest BCUT2D eigenvalue weighted by molar-refractivity contribution is 0.300. The molecule has 0 saturated heterocycles. The van der Waals surface area contributed by atoms with E-state index >= 15 is 0 Å². The Morgan fingerprint density at radius 2 is 2.18 bits per heavy atom. The van der Waals surface area contributed by atoms with Gasteiger partial charge in [-0.3, -0.25) is 9.97 Å². The molecule has 0 unspecified atom stereocenters. The highest BCUT2D eigenvalue weighted by Crippen LogP contribution is 2.17. The molecule has 0 bridgehead atoms. The summed E-state index contributed by atoms with van der Waals surface area (Å²) in [6.07, 6.45) is 3.52. The number of hydrogen-bond acceptors (Lipinski definition) is 4. The zero-order valence-corrected chi connectivity index (χ0v) is 9.76. The second kappa shape index (κ2) is 5.41. The van der Waals surface area contributed by atoms with Crippen molar-refractivity contribution in [3.05, 3.63) is 53.6 Å². The summed E-state index contributed by atoms with van der Waals surface area (Å²) in [5.41, 5.74) is 8.39. The molecular weight excluding hydrogens is 214 g/mol. The minimum Gasteiger partial charge on any atom is -0.487 e. The maximum atomic E-state index is 5.69. The van der Waals surface area contributed by atoms with E-state index in [1.165, 1.54) is 0 Å². The molecule has 0 saturated carbocycles. The van der Waals surface area contributed by atoms with Crippen LogP contribution in [0.4, 0.5) is 0 Å². The van der Waals surface area contributed by atoms with Crippen LogP contribution < -0.4 is 10.5 Å². The molecule has 2 aromatic rings. The topological polar surface area (TPSA) is 61.0 Å². The van der Waals surface area contributed by atoms with Crippen LogP contribution in [0.5, 0.6) is 5.75 Å². The van der Waals surface area contributed by atoms with Gasteiger partial charge in [-0.15, -0.1) is 0 Å². The Bertz CT molecular complexity index is 485. The van der Waals surface area contributed by atoms with Gasteiger partial charge in [-0.1, -0.05) is 6.07 Å². The van der Waals surface area contributed by atoms with E-state index in [1.807, 2.05) is 31.2 Å². The van der Waals surface area contributed by atoms with Crippen LogP contribution in [0, 0.1) is 6.92 Å². The Labute approximate surface area is 100 Å². The maximum Gasteiger partial charge on any atom is 0.142 e. The zero-order chi connectivity index (χ0) is 12.1. The van der Waals surface area contributed by atoms with E-state index < -0.39 is 0 Å². The molecule has 2 heterocycles. The van der Waals surface area contributed by atoms with Crippen LogP contribution in [0.2, 0.25) is 0 Å². The first-order chi connectivity index (χ1) is 8.29. The molecule has 88 valence electrons. The minimum atomic E-state index is 0.379. The molecule has 4 heteroatoms. The average Bonchev–Trinajstić information content (AvgIpc) is 2.38. The quantitative estimate of drug-likeness (QED) is 0.868. The minimum absolute atomic E-state index is 0.379. The lowest BCUT2D eigenvalue weighted by atomic mass is 10.2. The Hall–Kier alpha value is -1.94. The van der Waals surface area contributed by atoms with Gasteiger partial charge in [0.05, 0.1) is 5.69 Å². The molecule has 0 fully saturated rings. The predicted octanol–water partition coefficient (Wildman–Crippen LogP) is 1.82. The molecule has 0 atom stereocenters. The maximum absolute atomic E-state index is 5.69. The number of aryl methyl sites for hydroxylation is 1. The standard InChI is InChI=1S/C13H15N3O/c1-10-4-5-13(12(7-14)16-10)17-9-11-3-2-6-15-8-11/h2-6,8H,7,9,14H2,1H3. The summed E-state index contributed by atoms with van der Waals surface area (Å²) in [6.45, 7) is 2.79. The van der Waals surface area contributed by atoms with Gasteiger partial charge in [0, 0.05) is 30.2 Å². The van der Waals surface area contributed by atoms with Crippen LogP contribution >= 0.6 is 0 Å². The summed E-state index contributed by atoms with van der Waals surface area (Å²) < 4.78 is 5.69. The highest BCUT2D eigenvalue weighted by Gasteiger charge is 2.04.